The van der Waals surface area contributed by atoms with E-state index in [1.54, 1.807) is 12.3 Å². The van der Waals surface area contributed by atoms with E-state index in [4.69, 9.17) is 9.15 Å². The number of rotatable bonds is 10. The number of hydrogen-bond donors (Lipinski definition) is 1. The lowest BCUT2D eigenvalue weighted by molar-refractivity contribution is 0.102. The molecule has 0 saturated heterocycles. The monoisotopic (exact) mass is 561 g/mol. The minimum Gasteiger partial charge on any atom is -0.494 e. The normalized spacial score (nSPS) is 11.7. The number of furan rings is 1. The maximum absolute atomic E-state index is 13.2. The minimum atomic E-state index is -3.72. The van der Waals surface area contributed by atoms with Crippen molar-refractivity contribution in [3.63, 3.8) is 0 Å². The lowest BCUT2D eigenvalue weighted by Gasteiger charge is -2.20. The van der Waals surface area contributed by atoms with Gasteiger partial charge < -0.3 is 9.15 Å². The van der Waals surface area contributed by atoms with Gasteiger partial charge in [0, 0.05) is 29.4 Å². The van der Waals surface area contributed by atoms with E-state index in [0.717, 1.165) is 16.7 Å². The van der Waals surface area contributed by atoms with E-state index < -0.39 is 10.0 Å². The van der Waals surface area contributed by atoms with Crippen LogP contribution in [0.25, 0.3) is 22.4 Å². The van der Waals surface area contributed by atoms with Crippen molar-refractivity contribution < 1.29 is 22.4 Å². The van der Waals surface area contributed by atoms with Crippen LogP contribution < -0.4 is 10.1 Å². The summed E-state index contributed by atoms with van der Waals surface area (Å²) in [4.78, 5) is 17.5. The number of benzene rings is 3. The van der Waals surface area contributed by atoms with Crippen LogP contribution in [0.15, 0.2) is 93.6 Å². The maximum Gasteiger partial charge on any atom is 0.257 e. The molecule has 2 aromatic heterocycles. The van der Waals surface area contributed by atoms with Crippen LogP contribution in [0.1, 0.15) is 29.8 Å². The van der Waals surface area contributed by atoms with Gasteiger partial charge in [-0.2, -0.15) is 4.31 Å². The molecule has 10 heteroatoms. The highest BCUT2D eigenvalue weighted by molar-refractivity contribution is 7.89. The molecule has 1 amide bonds. The van der Waals surface area contributed by atoms with Gasteiger partial charge in [-0.3, -0.25) is 10.1 Å². The molecule has 0 bridgehead atoms. The first-order valence-electron chi connectivity index (χ1n) is 12.4. The number of nitrogens with one attached hydrogen (secondary N) is 1. The van der Waals surface area contributed by atoms with E-state index in [2.05, 4.69) is 10.3 Å². The fourth-order valence-electron chi connectivity index (χ4n) is 4.10. The zero-order chi connectivity index (χ0) is 27.4. The number of aromatic nitrogens is 1. The molecule has 3 aromatic carbocycles. The van der Waals surface area contributed by atoms with E-state index in [1.165, 1.54) is 39.9 Å². The van der Waals surface area contributed by atoms with Gasteiger partial charge in [-0.1, -0.05) is 37.3 Å². The van der Waals surface area contributed by atoms with Crippen LogP contribution in [0, 0.1) is 0 Å². The summed E-state index contributed by atoms with van der Waals surface area (Å²) in [6.07, 6.45) is 0. The average Bonchev–Trinajstić information content (AvgIpc) is 3.59. The standard InChI is InChI=1S/C29H27N3O5S2/c1-3-32(18-20-8-6-5-7-9-20)39(34,35)24-13-10-21(11-14-24)28(33)31-29-30-25(19-38-29)27-17-22-16-23(36-4-2)12-15-26(22)37-27/h5-17,19H,3-4,18H2,1-2H3,(H,30,31,33). The average molecular weight is 562 g/mol. The second-order valence-electron chi connectivity index (χ2n) is 8.68. The molecule has 0 aliphatic rings. The van der Waals surface area contributed by atoms with Gasteiger partial charge in [0.1, 0.15) is 17.0 Å². The molecule has 2 heterocycles. The van der Waals surface area contributed by atoms with Crippen molar-refractivity contribution >= 4 is 43.4 Å². The summed E-state index contributed by atoms with van der Waals surface area (Å²) >= 11 is 1.27. The van der Waals surface area contributed by atoms with Crippen LogP contribution in [0.2, 0.25) is 0 Å². The number of carbonyl (C=O) groups is 1. The SMILES string of the molecule is CCOc1ccc2oc(-c3csc(NC(=O)c4ccc(S(=O)(=O)N(CC)Cc5ccccc5)cc4)n3)cc2c1. The lowest BCUT2D eigenvalue weighted by Crippen LogP contribution is -2.30. The molecular formula is C29H27N3O5S2. The number of fused-ring (bicyclic) bond motifs is 1. The van der Waals surface area contributed by atoms with Gasteiger partial charge in [0.2, 0.25) is 10.0 Å². The summed E-state index contributed by atoms with van der Waals surface area (Å²) in [5.41, 5.74) is 2.54. The molecule has 0 aliphatic heterocycles. The molecule has 0 aliphatic carbocycles. The van der Waals surface area contributed by atoms with Crippen LogP contribution in [0.4, 0.5) is 5.13 Å². The van der Waals surface area contributed by atoms with Crippen molar-refractivity contribution in [2.75, 3.05) is 18.5 Å². The Balaban J connectivity index is 1.27. The van der Waals surface area contributed by atoms with Crippen LogP contribution in [0.3, 0.4) is 0 Å². The number of thiazole rings is 1. The van der Waals surface area contributed by atoms with Crippen molar-refractivity contribution in [1.82, 2.24) is 9.29 Å². The molecule has 200 valence electrons. The number of nitrogens with zero attached hydrogens (tertiary/aromatic N) is 2. The molecule has 0 radical (unpaired) electrons. The van der Waals surface area contributed by atoms with Gasteiger partial charge in [-0.15, -0.1) is 11.3 Å². The summed E-state index contributed by atoms with van der Waals surface area (Å²) in [6, 6.07) is 22.8. The summed E-state index contributed by atoms with van der Waals surface area (Å²) in [5.74, 6) is 0.962. The topological polar surface area (TPSA) is 102 Å². The third-order valence-electron chi connectivity index (χ3n) is 6.08. The number of carbonyl (C=O) groups excluding carboxylic acids is 1. The third-order valence-corrected chi connectivity index (χ3v) is 8.78. The molecule has 0 fully saturated rings. The van der Waals surface area contributed by atoms with Crippen LogP contribution >= 0.6 is 11.3 Å². The van der Waals surface area contributed by atoms with Gasteiger partial charge in [0.15, 0.2) is 10.9 Å². The predicted octanol–water partition coefficient (Wildman–Crippen LogP) is 6.42. The predicted molar refractivity (Wildman–Crippen MR) is 153 cm³/mol. The van der Waals surface area contributed by atoms with Gasteiger partial charge >= 0.3 is 0 Å². The van der Waals surface area contributed by atoms with E-state index in [0.29, 0.717) is 40.9 Å². The zero-order valence-electron chi connectivity index (χ0n) is 21.5. The first-order chi connectivity index (χ1) is 18.9. The Hall–Kier alpha value is -3.99. The molecule has 39 heavy (non-hydrogen) atoms. The maximum atomic E-state index is 13.2. The lowest BCUT2D eigenvalue weighted by atomic mass is 10.2. The summed E-state index contributed by atoms with van der Waals surface area (Å²) < 4.78 is 39.3. The third kappa shape index (κ3) is 5.88. The van der Waals surface area contributed by atoms with E-state index in [9.17, 15) is 13.2 Å². The van der Waals surface area contributed by atoms with Gasteiger partial charge in [0.05, 0.1) is 11.5 Å². The number of amides is 1. The fraction of sp³-hybridized carbons (Fsp3) is 0.172. The first-order valence-corrected chi connectivity index (χ1v) is 14.8. The molecule has 0 spiro atoms. The number of sulfonamides is 1. The Morgan fingerprint density at radius 1 is 1.03 bits per heavy atom. The van der Waals surface area contributed by atoms with E-state index >= 15 is 0 Å². The van der Waals surface area contributed by atoms with Gasteiger partial charge in [-0.25, -0.2) is 13.4 Å². The van der Waals surface area contributed by atoms with Crippen molar-refractivity contribution in [3.8, 4) is 17.2 Å². The molecule has 8 nitrogen and oxygen atoms in total. The Kier molecular flexibility index (Phi) is 7.78. The number of hydrogen-bond acceptors (Lipinski definition) is 7. The smallest absolute Gasteiger partial charge is 0.257 e. The Labute approximate surface area is 230 Å². The second-order valence-corrected chi connectivity index (χ2v) is 11.5. The highest BCUT2D eigenvalue weighted by Gasteiger charge is 2.23. The largest absolute Gasteiger partial charge is 0.494 e. The summed E-state index contributed by atoms with van der Waals surface area (Å²) in [7, 11) is -3.72. The molecule has 0 saturated carbocycles. The molecule has 1 N–H and O–H groups in total. The summed E-state index contributed by atoms with van der Waals surface area (Å²) in [6.45, 7) is 4.90. The van der Waals surface area contributed by atoms with Crippen molar-refractivity contribution in [2.45, 2.75) is 25.3 Å². The van der Waals surface area contributed by atoms with Crippen molar-refractivity contribution in [2.24, 2.45) is 0 Å². The first kappa shape index (κ1) is 26.6. The molecule has 0 atom stereocenters. The molecule has 5 rings (SSSR count). The fourth-order valence-corrected chi connectivity index (χ4v) is 6.23. The molecule has 0 unspecified atom stereocenters. The number of ether oxygens (including phenoxy) is 1. The van der Waals surface area contributed by atoms with Crippen LogP contribution in [-0.2, 0) is 16.6 Å². The van der Waals surface area contributed by atoms with Crippen molar-refractivity contribution in [3.05, 3.63) is 95.4 Å². The van der Waals surface area contributed by atoms with Crippen LogP contribution in [-0.4, -0.2) is 36.8 Å². The second kappa shape index (κ2) is 11.4. The highest BCUT2D eigenvalue weighted by Crippen LogP contribution is 2.32. The van der Waals surface area contributed by atoms with Crippen LogP contribution in [0.5, 0.6) is 5.75 Å². The highest BCUT2D eigenvalue weighted by atomic mass is 32.2. The van der Waals surface area contributed by atoms with Crippen molar-refractivity contribution in [1.29, 1.82) is 0 Å². The van der Waals surface area contributed by atoms with Gasteiger partial charge in [0.25, 0.3) is 5.91 Å². The van der Waals surface area contributed by atoms with E-state index in [-0.39, 0.29) is 17.3 Å². The zero-order valence-corrected chi connectivity index (χ0v) is 23.1. The quantitative estimate of drug-likeness (QED) is 0.211. The molecule has 5 aromatic rings. The Morgan fingerprint density at radius 2 is 1.79 bits per heavy atom. The molecular weight excluding hydrogens is 534 g/mol. The summed E-state index contributed by atoms with van der Waals surface area (Å²) in [5, 5.41) is 5.89. The Morgan fingerprint density at radius 3 is 2.51 bits per heavy atom. The van der Waals surface area contributed by atoms with Gasteiger partial charge in [-0.05, 0) is 61.0 Å². The van der Waals surface area contributed by atoms with E-state index in [1.807, 2.05) is 61.5 Å². The Bertz CT molecular complexity index is 1690. The number of anilines is 1. The minimum absolute atomic E-state index is 0.130.